The highest BCUT2D eigenvalue weighted by atomic mass is 19.2. The average Bonchev–Trinajstić information content (AvgIpc) is 2.53. The zero-order valence-electron chi connectivity index (χ0n) is 12.1. The van der Waals surface area contributed by atoms with Crippen LogP contribution >= 0.6 is 0 Å². The number of nitrogens with zero attached hydrogens (tertiary/aromatic N) is 1. The van der Waals surface area contributed by atoms with Crippen molar-refractivity contribution < 1.29 is 13.6 Å². The third-order valence-corrected chi connectivity index (χ3v) is 3.75. The lowest BCUT2D eigenvalue weighted by atomic mass is 10.0. The minimum absolute atomic E-state index is 0.106. The predicted octanol–water partition coefficient (Wildman–Crippen LogP) is 3.94. The summed E-state index contributed by atoms with van der Waals surface area (Å²) in [6.45, 7) is 2.50. The number of para-hydroxylation sites is 1. The van der Waals surface area contributed by atoms with Crippen molar-refractivity contribution in [3.05, 3.63) is 65.2 Å². The van der Waals surface area contributed by atoms with Crippen molar-refractivity contribution in [2.45, 2.75) is 19.5 Å². The summed E-state index contributed by atoms with van der Waals surface area (Å²) < 4.78 is 26.7. The van der Waals surface area contributed by atoms with Crippen molar-refractivity contribution in [1.82, 2.24) is 4.90 Å². The Morgan fingerprint density at radius 1 is 1.14 bits per heavy atom. The molecule has 1 N–H and O–H groups in total. The third-order valence-electron chi connectivity index (χ3n) is 3.75. The van der Waals surface area contributed by atoms with Crippen LogP contribution < -0.4 is 5.32 Å². The summed E-state index contributed by atoms with van der Waals surface area (Å²) in [4.78, 5) is 14.3. The quantitative estimate of drug-likeness (QED) is 0.931. The second-order valence-electron chi connectivity index (χ2n) is 5.26. The van der Waals surface area contributed by atoms with Crippen molar-refractivity contribution in [1.29, 1.82) is 0 Å². The molecule has 0 aromatic heterocycles. The van der Waals surface area contributed by atoms with E-state index in [1.165, 1.54) is 6.07 Å². The molecule has 0 unspecified atom stereocenters. The summed E-state index contributed by atoms with van der Waals surface area (Å²) in [7, 11) is 0. The van der Waals surface area contributed by atoms with Crippen molar-refractivity contribution in [3.63, 3.8) is 0 Å². The fourth-order valence-electron chi connectivity index (χ4n) is 2.71. The molecule has 1 aliphatic heterocycles. The van der Waals surface area contributed by atoms with Gasteiger partial charge in [-0.3, -0.25) is 4.79 Å². The molecule has 22 heavy (non-hydrogen) atoms. The summed E-state index contributed by atoms with van der Waals surface area (Å²) >= 11 is 0. The van der Waals surface area contributed by atoms with Gasteiger partial charge in [0.05, 0.1) is 5.56 Å². The number of halogens is 2. The van der Waals surface area contributed by atoms with E-state index in [0.717, 1.165) is 18.6 Å². The Kier molecular flexibility index (Phi) is 3.79. The van der Waals surface area contributed by atoms with E-state index in [1.807, 2.05) is 19.1 Å². The summed E-state index contributed by atoms with van der Waals surface area (Å²) in [5.41, 5.74) is 1.82. The normalized spacial score (nSPS) is 17.1. The first-order valence-electron chi connectivity index (χ1n) is 7.23. The first-order chi connectivity index (χ1) is 10.6. The van der Waals surface area contributed by atoms with Crippen LogP contribution in [0.3, 0.4) is 0 Å². The van der Waals surface area contributed by atoms with Gasteiger partial charge in [-0.15, -0.1) is 0 Å². The molecule has 0 aliphatic carbocycles. The maximum absolute atomic E-state index is 13.5. The van der Waals surface area contributed by atoms with Crippen LogP contribution in [0.15, 0.2) is 42.5 Å². The Morgan fingerprint density at radius 3 is 2.64 bits per heavy atom. The van der Waals surface area contributed by atoms with Crippen LogP contribution in [0.5, 0.6) is 0 Å². The summed E-state index contributed by atoms with van der Waals surface area (Å²) in [5.74, 6) is -1.92. The van der Waals surface area contributed by atoms with Crippen molar-refractivity contribution in [3.8, 4) is 0 Å². The number of hydrogen-bond acceptors (Lipinski definition) is 2. The molecule has 1 aliphatic rings. The van der Waals surface area contributed by atoms with E-state index >= 15 is 0 Å². The number of carbonyl (C=O) groups is 1. The summed E-state index contributed by atoms with van der Waals surface area (Å²) in [5, 5.41) is 3.24. The minimum atomic E-state index is -0.915. The molecule has 0 fully saturated rings. The lowest BCUT2D eigenvalue weighted by Crippen LogP contribution is -2.43. The fraction of sp³-hybridized carbons (Fsp3) is 0.235. The molecule has 5 heteroatoms. The minimum Gasteiger partial charge on any atom is -0.361 e. The Morgan fingerprint density at radius 2 is 1.91 bits per heavy atom. The summed E-state index contributed by atoms with van der Waals surface area (Å²) in [6.07, 6.45) is 0.271. The van der Waals surface area contributed by atoms with Gasteiger partial charge in [-0.25, -0.2) is 8.78 Å². The first kappa shape index (κ1) is 14.5. The van der Waals surface area contributed by atoms with Crippen LogP contribution in [0.25, 0.3) is 0 Å². The van der Waals surface area contributed by atoms with Gasteiger partial charge >= 0.3 is 0 Å². The molecule has 3 rings (SSSR count). The van der Waals surface area contributed by atoms with Gasteiger partial charge in [0.25, 0.3) is 5.91 Å². The van der Waals surface area contributed by atoms with Crippen LogP contribution in [-0.4, -0.2) is 17.4 Å². The number of rotatable bonds is 3. The van der Waals surface area contributed by atoms with Gasteiger partial charge in [0, 0.05) is 12.2 Å². The molecule has 2 aromatic carbocycles. The maximum atomic E-state index is 13.5. The van der Waals surface area contributed by atoms with E-state index in [2.05, 4.69) is 5.32 Å². The molecule has 1 atom stereocenters. The van der Waals surface area contributed by atoms with Gasteiger partial charge in [-0.1, -0.05) is 25.1 Å². The number of carbonyl (C=O) groups excluding carboxylic acids is 1. The first-order valence-corrected chi connectivity index (χ1v) is 7.23. The van der Waals surface area contributed by atoms with Gasteiger partial charge in [-0.2, -0.15) is 0 Å². The van der Waals surface area contributed by atoms with Gasteiger partial charge in [0.2, 0.25) is 0 Å². The molecule has 0 radical (unpaired) electrons. The maximum Gasteiger partial charge on any atom is 0.257 e. The summed E-state index contributed by atoms with van der Waals surface area (Å²) in [6, 6.07) is 10.9. The van der Waals surface area contributed by atoms with E-state index in [1.54, 1.807) is 17.0 Å². The van der Waals surface area contributed by atoms with E-state index in [-0.39, 0.29) is 5.91 Å². The van der Waals surface area contributed by atoms with E-state index in [9.17, 15) is 13.6 Å². The van der Waals surface area contributed by atoms with Crippen molar-refractivity contribution >= 4 is 11.6 Å². The van der Waals surface area contributed by atoms with Crippen LogP contribution in [0, 0.1) is 11.6 Å². The number of nitrogens with one attached hydrogen (secondary N) is 1. The van der Waals surface area contributed by atoms with E-state index < -0.39 is 17.8 Å². The molecule has 1 amide bonds. The monoisotopic (exact) mass is 302 g/mol. The van der Waals surface area contributed by atoms with Crippen LogP contribution in [0.2, 0.25) is 0 Å². The lowest BCUT2D eigenvalue weighted by molar-refractivity contribution is 0.0683. The molecule has 0 saturated carbocycles. The molecule has 3 nitrogen and oxygen atoms in total. The number of amides is 1. The smallest absolute Gasteiger partial charge is 0.257 e. The van der Waals surface area contributed by atoms with Crippen LogP contribution in [0.4, 0.5) is 14.5 Å². The zero-order valence-corrected chi connectivity index (χ0v) is 12.1. The second-order valence-corrected chi connectivity index (χ2v) is 5.26. The SMILES string of the molecule is CCCN1C(=O)c2ccccc2N[C@H]1c1ccc(F)c(F)c1. The molecule has 2 aromatic rings. The fourth-order valence-corrected chi connectivity index (χ4v) is 2.71. The molecular formula is C17H16F2N2O. The number of benzene rings is 2. The average molecular weight is 302 g/mol. The van der Waals surface area contributed by atoms with Crippen molar-refractivity contribution in [2.24, 2.45) is 0 Å². The highest BCUT2D eigenvalue weighted by Crippen LogP contribution is 2.33. The van der Waals surface area contributed by atoms with Crippen molar-refractivity contribution in [2.75, 3.05) is 11.9 Å². The number of anilines is 1. The Labute approximate surface area is 127 Å². The highest BCUT2D eigenvalue weighted by molar-refractivity contribution is 6.01. The Hall–Kier alpha value is -2.43. The second kappa shape index (κ2) is 5.75. The Balaban J connectivity index is 2.05. The van der Waals surface area contributed by atoms with Gasteiger partial charge in [0.15, 0.2) is 11.6 Å². The lowest BCUT2D eigenvalue weighted by Gasteiger charge is -2.38. The zero-order chi connectivity index (χ0) is 15.7. The largest absolute Gasteiger partial charge is 0.361 e. The standard InChI is InChI=1S/C17H16F2N2O/c1-2-9-21-16(11-7-8-13(18)14(19)10-11)20-15-6-4-3-5-12(15)17(21)22/h3-8,10,16,20H,2,9H2,1H3/t16-/m1/s1. The number of fused-ring (bicyclic) bond motifs is 1. The molecule has 0 bridgehead atoms. The van der Waals surface area contributed by atoms with E-state index in [0.29, 0.717) is 23.4 Å². The molecule has 0 spiro atoms. The van der Waals surface area contributed by atoms with Crippen LogP contribution in [-0.2, 0) is 0 Å². The van der Waals surface area contributed by atoms with Gasteiger partial charge in [-0.05, 0) is 36.2 Å². The van der Waals surface area contributed by atoms with Crippen LogP contribution in [0.1, 0.15) is 35.4 Å². The predicted molar refractivity (Wildman–Crippen MR) is 80.5 cm³/mol. The van der Waals surface area contributed by atoms with Gasteiger partial charge in [0.1, 0.15) is 6.17 Å². The topological polar surface area (TPSA) is 32.3 Å². The molecule has 1 heterocycles. The molecular weight excluding hydrogens is 286 g/mol. The number of hydrogen-bond donors (Lipinski definition) is 1. The van der Waals surface area contributed by atoms with E-state index in [4.69, 9.17) is 0 Å². The molecule has 114 valence electrons. The Bertz CT molecular complexity index is 718. The highest BCUT2D eigenvalue weighted by Gasteiger charge is 2.32. The molecule has 0 saturated heterocycles. The van der Waals surface area contributed by atoms with Gasteiger partial charge < -0.3 is 10.2 Å². The third kappa shape index (κ3) is 2.43.